The molecule has 0 saturated carbocycles. The molecule has 0 atom stereocenters. The summed E-state index contributed by atoms with van der Waals surface area (Å²) in [5.41, 5.74) is 3.42. The lowest BCUT2D eigenvalue weighted by Crippen LogP contribution is -1.85. The van der Waals surface area contributed by atoms with Crippen molar-refractivity contribution in [2.75, 3.05) is 0 Å². The summed E-state index contributed by atoms with van der Waals surface area (Å²) >= 11 is 5.96. The standard InChI is InChI=1S/C16H11ClO2/c1-10-2-3-11(9-18)6-14(10)16-8-12-7-13(17)4-5-15(12)19-16/h2-9H,1H3. The normalized spacial score (nSPS) is 10.8. The number of aldehydes is 1. The second-order valence-corrected chi connectivity index (χ2v) is 4.92. The third-order valence-electron chi connectivity index (χ3n) is 3.14. The first-order chi connectivity index (χ1) is 9.17. The van der Waals surface area contributed by atoms with E-state index in [-0.39, 0.29) is 0 Å². The van der Waals surface area contributed by atoms with Crippen LogP contribution in [0, 0.1) is 6.92 Å². The average molecular weight is 271 g/mol. The van der Waals surface area contributed by atoms with Gasteiger partial charge in [0, 0.05) is 21.5 Å². The summed E-state index contributed by atoms with van der Waals surface area (Å²) in [6, 6.07) is 13.0. The Balaban J connectivity index is 2.21. The summed E-state index contributed by atoms with van der Waals surface area (Å²) in [7, 11) is 0. The van der Waals surface area contributed by atoms with Gasteiger partial charge in [0.2, 0.25) is 0 Å². The van der Waals surface area contributed by atoms with Crippen LogP contribution < -0.4 is 0 Å². The molecule has 0 aliphatic rings. The Morgan fingerprint density at radius 2 is 1.95 bits per heavy atom. The molecule has 0 bridgehead atoms. The average Bonchev–Trinajstić information content (AvgIpc) is 2.82. The first-order valence-corrected chi connectivity index (χ1v) is 6.30. The van der Waals surface area contributed by atoms with Gasteiger partial charge in [-0.25, -0.2) is 0 Å². The molecule has 2 nitrogen and oxygen atoms in total. The van der Waals surface area contributed by atoms with Gasteiger partial charge < -0.3 is 4.42 Å². The summed E-state index contributed by atoms with van der Waals surface area (Å²) in [4.78, 5) is 10.9. The largest absolute Gasteiger partial charge is 0.456 e. The molecule has 19 heavy (non-hydrogen) atoms. The molecule has 0 spiro atoms. The summed E-state index contributed by atoms with van der Waals surface area (Å²) in [6.07, 6.45) is 0.836. The summed E-state index contributed by atoms with van der Waals surface area (Å²) in [5.74, 6) is 0.749. The van der Waals surface area contributed by atoms with E-state index in [1.807, 2.05) is 37.3 Å². The third-order valence-corrected chi connectivity index (χ3v) is 3.38. The number of carbonyl (C=O) groups excluding carboxylic acids is 1. The molecule has 0 N–H and O–H groups in total. The summed E-state index contributed by atoms with van der Waals surface area (Å²) in [6.45, 7) is 1.99. The summed E-state index contributed by atoms with van der Waals surface area (Å²) in [5, 5.41) is 1.64. The van der Waals surface area contributed by atoms with Crippen LogP contribution in [0.15, 0.2) is 46.9 Å². The van der Waals surface area contributed by atoms with Crippen LogP contribution >= 0.6 is 11.6 Å². The monoisotopic (exact) mass is 270 g/mol. The molecule has 94 valence electrons. The highest BCUT2D eigenvalue weighted by atomic mass is 35.5. The van der Waals surface area contributed by atoms with Gasteiger partial charge in [-0.1, -0.05) is 23.7 Å². The Labute approximate surface area is 115 Å². The first kappa shape index (κ1) is 12.0. The molecule has 0 aliphatic heterocycles. The molecule has 3 aromatic rings. The van der Waals surface area contributed by atoms with Crippen LogP contribution in [0.3, 0.4) is 0 Å². The topological polar surface area (TPSA) is 30.2 Å². The van der Waals surface area contributed by atoms with E-state index in [1.165, 1.54) is 0 Å². The van der Waals surface area contributed by atoms with Gasteiger partial charge in [-0.15, -0.1) is 0 Å². The molecule has 3 heteroatoms. The molecule has 1 aromatic heterocycles. The van der Waals surface area contributed by atoms with Crippen molar-refractivity contribution in [3.63, 3.8) is 0 Å². The maximum atomic E-state index is 10.9. The Kier molecular flexibility index (Phi) is 2.88. The third kappa shape index (κ3) is 2.15. The van der Waals surface area contributed by atoms with Crippen LogP contribution in [-0.2, 0) is 0 Å². The molecule has 0 fully saturated rings. The van der Waals surface area contributed by atoms with Crippen molar-refractivity contribution < 1.29 is 9.21 Å². The maximum absolute atomic E-state index is 10.9. The molecular formula is C16H11ClO2. The number of furan rings is 1. The van der Waals surface area contributed by atoms with Crippen molar-refractivity contribution in [2.24, 2.45) is 0 Å². The van der Waals surface area contributed by atoms with Crippen LogP contribution in [-0.4, -0.2) is 6.29 Å². The fourth-order valence-corrected chi connectivity index (χ4v) is 2.31. The fourth-order valence-electron chi connectivity index (χ4n) is 2.13. The molecular weight excluding hydrogens is 260 g/mol. The van der Waals surface area contributed by atoms with Gasteiger partial charge >= 0.3 is 0 Å². The van der Waals surface area contributed by atoms with E-state index in [9.17, 15) is 4.79 Å². The Morgan fingerprint density at radius 3 is 2.74 bits per heavy atom. The highest BCUT2D eigenvalue weighted by Crippen LogP contribution is 2.31. The molecule has 0 saturated heterocycles. The molecule has 0 unspecified atom stereocenters. The summed E-state index contributed by atoms with van der Waals surface area (Å²) < 4.78 is 5.81. The predicted molar refractivity (Wildman–Crippen MR) is 76.8 cm³/mol. The fraction of sp³-hybridized carbons (Fsp3) is 0.0625. The Hall–Kier alpha value is -2.06. The van der Waals surface area contributed by atoms with Gasteiger partial charge in [0.05, 0.1) is 0 Å². The van der Waals surface area contributed by atoms with E-state index in [0.29, 0.717) is 10.6 Å². The van der Waals surface area contributed by atoms with Gasteiger partial charge in [0.25, 0.3) is 0 Å². The molecule has 3 rings (SSSR count). The van der Waals surface area contributed by atoms with Gasteiger partial charge in [-0.3, -0.25) is 4.79 Å². The predicted octanol–water partition coefficient (Wildman–Crippen LogP) is 4.87. The van der Waals surface area contributed by atoms with Gasteiger partial charge in [0.1, 0.15) is 17.6 Å². The SMILES string of the molecule is Cc1ccc(C=O)cc1-c1cc2cc(Cl)ccc2o1. The zero-order valence-corrected chi connectivity index (χ0v) is 11.1. The molecule has 1 heterocycles. The van der Waals surface area contributed by atoms with Crippen LogP contribution in [0.5, 0.6) is 0 Å². The number of rotatable bonds is 2. The quantitative estimate of drug-likeness (QED) is 0.622. The highest BCUT2D eigenvalue weighted by molar-refractivity contribution is 6.31. The van der Waals surface area contributed by atoms with Crippen LogP contribution in [0.1, 0.15) is 15.9 Å². The molecule has 0 radical (unpaired) electrons. The first-order valence-electron chi connectivity index (χ1n) is 5.93. The van der Waals surface area contributed by atoms with E-state index in [4.69, 9.17) is 16.0 Å². The zero-order chi connectivity index (χ0) is 13.4. The minimum absolute atomic E-state index is 0.638. The van der Waals surface area contributed by atoms with Crippen LogP contribution in [0.4, 0.5) is 0 Å². The number of hydrogen-bond donors (Lipinski definition) is 0. The lowest BCUT2D eigenvalue weighted by molar-refractivity contribution is 0.112. The minimum Gasteiger partial charge on any atom is -0.456 e. The Bertz CT molecular complexity index is 772. The van der Waals surface area contributed by atoms with Crippen LogP contribution in [0.25, 0.3) is 22.3 Å². The van der Waals surface area contributed by atoms with Gasteiger partial charge in [-0.05, 0) is 42.8 Å². The van der Waals surface area contributed by atoms with E-state index in [2.05, 4.69) is 0 Å². The number of carbonyl (C=O) groups is 1. The van der Waals surface area contributed by atoms with Crippen LogP contribution in [0.2, 0.25) is 5.02 Å². The lowest BCUT2D eigenvalue weighted by Gasteiger charge is -2.02. The van der Waals surface area contributed by atoms with Gasteiger partial charge in [-0.2, -0.15) is 0 Å². The highest BCUT2D eigenvalue weighted by Gasteiger charge is 2.09. The zero-order valence-electron chi connectivity index (χ0n) is 10.3. The Morgan fingerprint density at radius 1 is 1.11 bits per heavy atom. The van der Waals surface area contributed by atoms with Crippen molar-refractivity contribution in [1.29, 1.82) is 0 Å². The van der Waals surface area contributed by atoms with E-state index >= 15 is 0 Å². The minimum atomic E-state index is 0.638. The van der Waals surface area contributed by atoms with E-state index in [0.717, 1.165) is 34.1 Å². The van der Waals surface area contributed by atoms with Crippen molar-refractivity contribution in [3.8, 4) is 11.3 Å². The number of benzene rings is 2. The number of aryl methyl sites for hydroxylation is 1. The maximum Gasteiger partial charge on any atom is 0.150 e. The smallest absolute Gasteiger partial charge is 0.150 e. The number of halogens is 1. The second kappa shape index (κ2) is 4.56. The number of fused-ring (bicyclic) bond motifs is 1. The van der Waals surface area contributed by atoms with E-state index < -0.39 is 0 Å². The van der Waals surface area contributed by atoms with Crippen molar-refractivity contribution in [3.05, 3.63) is 58.6 Å². The van der Waals surface area contributed by atoms with E-state index in [1.54, 1.807) is 12.1 Å². The molecule has 2 aromatic carbocycles. The van der Waals surface area contributed by atoms with Crippen molar-refractivity contribution >= 4 is 28.9 Å². The van der Waals surface area contributed by atoms with Crippen molar-refractivity contribution in [2.45, 2.75) is 6.92 Å². The number of hydrogen-bond acceptors (Lipinski definition) is 2. The second-order valence-electron chi connectivity index (χ2n) is 4.49. The molecule has 0 aliphatic carbocycles. The van der Waals surface area contributed by atoms with Crippen molar-refractivity contribution in [1.82, 2.24) is 0 Å². The lowest BCUT2D eigenvalue weighted by atomic mass is 10.0. The molecule has 0 amide bonds. The van der Waals surface area contributed by atoms with Gasteiger partial charge in [0.15, 0.2) is 0 Å².